The second-order valence-electron chi connectivity index (χ2n) is 2.84. The highest BCUT2D eigenvalue weighted by Gasteiger charge is 2.02. The summed E-state index contributed by atoms with van der Waals surface area (Å²) in [5, 5.41) is 12.3. The predicted octanol–water partition coefficient (Wildman–Crippen LogP) is 0.132. The number of nitrogens with zero attached hydrogens (tertiary/aromatic N) is 1. The normalized spacial score (nSPS) is 8.93. The van der Waals surface area contributed by atoms with Crippen molar-refractivity contribution < 1.29 is 15.7 Å². The van der Waals surface area contributed by atoms with Crippen LogP contribution in [-0.4, -0.2) is 11.0 Å². The van der Waals surface area contributed by atoms with Crippen molar-refractivity contribution in [2.75, 3.05) is 0 Å². The van der Waals surface area contributed by atoms with Crippen LogP contribution in [0.2, 0.25) is 0 Å². The number of aryl methyl sites for hydroxylation is 1. The number of pyridine rings is 1. The lowest BCUT2D eigenvalue weighted by Crippen LogP contribution is -2.26. The van der Waals surface area contributed by atoms with E-state index in [2.05, 4.69) is 0 Å². The van der Waals surface area contributed by atoms with Gasteiger partial charge in [0.05, 0.1) is 5.39 Å². The molecule has 4 nitrogen and oxygen atoms in total. The molecule has 0 amide bonds. The highest BCUT2D eigenvalue weighted by molar-refractivity contribution is 5.78. The van der Waals surface area contributed by atoms with E-state index in [0.29, 0.717) is 0 Å². The summed E-state index contributed by atoms with van der Waals surface area (Å²) in [6.45, 7) is 2.00. The Hall–Kier alpha value is -1.65. The Bertz CT molecular complexity index is 388. The predicted molar refractivity (Wildman–Crippen MR) is 54.9 cm³/mol. The fraction of sp³-hybridized carbons (Fsp3) is 0.100. The van der Waals surface area contributed by atoms with Gasteiger partial charge in [-0.1, -0.05) is 12.1 Å². The third kappa shape index (κ3) is 1.81. The van der Waals surface area contributed by atoms with E-state index in [1.54, 1.807) is 0 Å². The molecule has 0 saturated carbocycles. The standard InChI is InChI=1S/C10H9NO.2H2O/c1-8-6-7-11(12)10-5-3-2-4-9(8)10;;/h2-7H,1H3;2*1H2. The van der Waals surface area contributed by atoms with Gasteiger partial charge < -0.3 is 16.2 Å². The number of rotatable bonds is 0. The van der Waals surface area contributed by atoms with Gasteiger partial charge >= 0.3 is 0 Å². The summed E-state index contributed by atoms with van der Waals surface area (Å²) >= 11 is 0. The summed E-state index contributed by atoms with van der Waals surface area (Å²) in [5.41, 5.74) is 1.87. The lowest BCUT2D eigenvalue weighted by molar-refractivity contribution is -0.577. The summed E-state index contributed by atoms with van der Waals surface area (Å²) in [6.07, 6.45) is 1.54. The molecule has 0 unspecified atom stereocenters. The van der Waals surface area contributed by atoms with E-state index in [1.807, 2.05) is 37.3 Å². The van der Waals surface area contributed by atoms with Gasteiger partial charge in [0.1, 0.15) is 0 Å². The number of hydrogen-bond acceptors (Lipinski definition) is 1. The van der Waals surface area contributed by atoms with E-state index in [0.717, 1.165) is 21.2 Å². The molecule has 0 aliphatic heterocycles. The molecule has 1 aromatic carbocycles. The van der Waals surface area contributed by atoms with Crippen molar-refractivity contribution in [3.63, 3.8) is 0 Å². The molecule has 1 heterocycles. The smallest absolute Gasteiger partial charge is 0.223 e. The highest BCUT2D eigenvalue weighted by atomic mass is 16.5. The number of fused-ring (bicyclic) bond motifs is 1. The van der Waals surface area contributed by atoms with E-state index in [-0.39, 0.29) is 11.0 Å². The number of benzene rings is 1. The van der Waals surface area contributed by atoms with Crippen LogP contribution >= 0.6 is 0 Å². The maximum Gasteiger partial charge on any atom is 0.223 e. The maximum atomic E-state index is 11.2. The van der Waals surface area contributed by atoms with Gasteiger partial charge in [-0.25, -0.2) is 0 Å². The summed E-state index contributed by atoms with van der Waals surface area (Å²) in [5.74, 6) is 0. The SMILES string of the molecule is Cc1cc[n+]([O-])c2ccccc12.O.O. The second kappa shape index (κ2) is 4.55. The van der Waals surface area contributed by atoms with Crippen LogP contribution in [0.5, 0.6) is 0 Å². The van der Waals surface area contributed by atoms with Gasteiger partial charge in [0.15, 0.2) is 6.20 Å². The van der Waals surface area contributed by atoms with Gasteiger partial charge in [-0.2, -0.15) is 4.73 Å². The van der Waals surface area contributed by atoms with Gasteiger partial charge in [0.25, 0.3) is 0 Å². The molecule has 0 spiro atoms. The van der Waals surface area contributed by atoms with Gasteiger partial charge in [-0.15, -0.1) is 0 Å². The van der Waals surface area contributed by atoms with Gasteiger partial charge in [-0.05, 0) is 18.6 Å². The zero-order valence-corrected chi connectivity index (χ0v) is 7.82. The lowest BCUT2D eigenvalue weighted by Gasteiger charge is -2.02. The van der Waals surface area contributed by atoms with Crippen molar-refractivity contribution >= 4 is 10.9 Å². The van der Waals surface area contributed by atoms with E-state index < -0.39 is 0 Å². The van der Waals surface area contributed by atoms with Gasteiger partial charge in [0, 0.05) is 12.1 Å². The molecule has 4 N–H and O–H groups in total. The van der Waals surface area contributed by atoms with Crippen LogP contribution in [0, 0.1) is 12.1 Å². The van der Waals surface area contributed by atoms with Crippen LogP contribution in [0.4, 0.5) is 0 Å². The van der Waals surface area contributed by atoms with Crippen LogP contribution in [0.3, 0.4) is 0 Å². The lowest BCUT2D eigenvalue weighted by atomic mass is 10.1. The van der Waals surface area contributed by atoms with Crippen LogP contribution in [0.15, 0.2) is 36.5 Å². The fourth-order valence-corrected chi connectivity index (χ4v) is 1.35. The van der Waals surface area contributed by atoms with E-state index in [1.165, 1.54) is 6.20 Å². The van der Waals surface area contributed by atoms with Crippen molar-refractivity contribution in [3.8, 4) is 0 Å². The Balaban J connectivity index is 0.000000845. The zero-order chi connectivity index (χ0) is 8.55. The minimum Gasteiger partial charge on any atom is -0.618 e. The molecule has 0 aliphatic carbocycles. The number of hydrogen-bond donors (Lipinski definition) is 0. The Morgan fingerprint density at radius 2 is 1.71 bits per heavy atom. The van der Waals surface area contributed by atoms with E-state index in [4.69, 9.17) is 0 Å². The molecule has 4 heteroatoms. The Morgan fingerprint density at radius 3 is 2.36 bits per heavy atom. The summed E-state index contributed by atoms with van der Waals surface area (Å²) in [7, 11) is 0. The molecule has 76 valence electrons. The average Bonchev–Trinajstić information content (AvgIpc) is 2.12. The van der Waals surface area contributed by atoms with Crippen molar-refractivity contribution in [1.82, 2.24) is 0 Å². The maximum absolute atomic E-state index is 11.2. The first-order valence-corrected chi connectivity index (χ1v) is 3.86. The average molecular weight is 195 g/mol. The zero-order valence-electron chi connectivity index (χ0n) is 7.82. The largest absolute Gasteiger partial charge is 0.618 e. The molecule has 0 aliphatic rings. The van der Waals surface area contributed by atoms with E-state index in [9.17, 15) is 5.21 Å². The summed E-state index contributed by atoms with van der Waals surface area (Å²) in [4.78, 5) is 0. The number of aromatic nitrogens is 1. The molecule has 2 aromatic rings. The monoisotopic (exact) mass is 195 g/mol. The molecule has 0 radical (unpaired) electrons. The van der Waals surface area contributed by atoms with Crippen LogP contribution in [-0.2, 0) is 0 Å². The molecule has 14 heavy (non-hydrogen) atoms. The first-order chi connectivity index (χ1) is 5.79. The summed E-state index contributed by atoms with van der Waals surface area (Å²) < 4.78 is 0.891. The minimum atomic E-state index is 0. The van der Waals surface area contributed by atoms with Gasteiger partial charge in [0.2, 0.25) is 5.52 Å². The third-order valence-electron chi connectivity index (χ3n) is 2.03. The van der Waals surface area contributed by atoms with Crippen LogP contribution < -0.4 is 4.73 Å². The van der Waals surface area contributed by atoms with Gasteiger partial charge in [-0.3, -0.25) is 0 Å². The molecule has 0 fully saturated rings. The van der Waals surface area contributed by atoms with Crippen LogP contribution in [0.1, 0.15) is 5.56 Å². The van der Waals surface area contributed by atoms with E-state index >= 15 is 0 Å². The molecule has 0 atom stereocenters. The third-order valence-corrected chi connectivity index (χ3v) is 2.03. The first-order valence-electron chi connectivity index (χ1n) is 3.86. The van der Waals surface area contributed by atoms with Crippen molar-refractivity contribution in [3.05, 3.63) is 47.3 Å². The molecule has 0 saturated heterocycles. The molecule has 0 bridgehead atoms. The van der Waals surface area contributed by atoms with Crippen molar-refractivity contribution in [1.29, 1.82) is 0 Å². The van der Waals surface area contributed by atoms with Crippen LogP contribution in [0.25, 0.3) is 10.9 Å². The van der Waals surface area contributed by atoms with Crippen molar-refractivity contribution in [2.45, 2.75) is 6.92 Å². The first kappa shape index (κ1) is 12.3. The van der Waals surface area contributed by atoms with Crippen molar-refractivity contribution in [2.24, 2.45) is 0 Å². The summed E-state index contributed by atoms with van der Waals surface area (Å²) in [6, 6.07) is 9.43. The molecular formula is C10H13NO3. The molecule has 2 rings (SSSR count). The Labute approximate surface area is 81.6 Å². The quantitative estimate of drug-likeness (QED) is 0.434. The fourth-order valence-electron chi connectivity index (χ4n) is 1.35. The number of para-hydroxylation sites is 1. The second-order valence-corrected chi connectivity index (χ2v) is 2.84. The molecular weight excluding hydrogens is 182 g/mol. The highest BCUT2D eigenvalue weighted by Crippen LogP contribution is 2.12. The Morgan fingerprint density at radius 1 is 1.07 bits per heavy atom. The molecule has 1 aromatic heterocycles. The topological polar surface area (TPSA) is 89.9 Å². The minimum absolute atomic E-state index is 0. The Kier molecular flexibility index (Phi) is 4.01.